The fourth-order valence-corrected chi connectivity index (χ4v) is 4.02. The van der Waals surface area contributed by atoms with E-state index >= 15 is 0 Å². The third-order valence-electron chi connectivity index (χ3n) is 4.20. The van der Waals surface area contributed by atoms with Gasteiger partial charge in [0.25, 0.3) is 0 Å². The maximum atomic E-state index is 12.4. The Morgan fingerprint density at radius 2 is 2.07 bits per heavy atom. The molecule has 1 aliphatic rings. The van der Waals surface area contributed by atoms with Crippen LogP contribution in [-0.4, -0.2) is 48.1 Å². The van der Waals surface area contributed by atoms with Gasteiger partial charge >= 0.3 is 6.03 Å². The lowest BCUT2D eigenvalue weighted by molar-refractivity contribution is -0.117. The Bertz CT molecular complexity index is 852. The number of amides is 3. The highest BCUT2D eigenvalue weighted by molar-refractivity contribution is 7.15. The maximum Gasteiger partial charge on any atom is 0.321 e. The molecule has 0 radical (unpaired) electrons. The van der Waals surface area contributed by atoms with Crippen LogP contribution < -0.4 is 20.7 Å². The second-order valence-corrected chi connectivity index (χ2v) is 7.93. The number of aromatic nitrogens is 1. The quantitative estimate of drug-likeness (QED) is 0.689. The Labute approximate surface area is 168 Å². The van der Waals surface area contributed by atoms with Crippen molar-refractivity contribution in [3.63, 3.8) is 0 Å². The van der Waals surface area contributed by atoms with Crippen molar-refractivity contribution >= 4 is 34.1 Å². The van der Waals surface area contributed by atoms with Crippen molar-refractivity contribution in [2.45, 2.75) is 32.9 Å². The molecule has 3 N–H and O–H groups in total. The largest absolute Gasteiger partial charge is 0.495 e. The molecule has 3 amide bonds. The minimum absolute atomic E-state index is 0.0619. The first-order valence-electron chi connectivity index (χ1n) is 9.16. The van der Waals surface area contributed by atoms with Gasteiger partial charge in [-0.25, -0.2) is 9.78 Å². The zero-order valence-corrected chi connectivity index (χ0v) is 17.1. The Kier molecular flexibility index (Phi) is 6.48. The first-order valence-corrected chi connectivity index (χ1v) is 9.97. The Balaban J connectivity index is 1.56. The zero-order chi connectivity index (χ0) is 20.1. The summed E-state index contributed by atoms with van der Waals surface area (Å²) < 4.78 is 5.27. The Morgan fingerprint density at radius 3 is 2.82 bits per heavy atom. The summed E-state index contributed by atoms with van der Waals surface area (Å²) in [6, 6.07) is 7.14. The van der Waals surface area contributed by atoms with E-state index in [9.17, 15) is 9.59 Å². The van der Waals surface area contributed by atoms with E-state index in [4.69, 9.17) is 4.74 Å². The minimum Gasteiger partial charge on any atom is -0.495 e. The number of rotatable bonds is 6. The lowest BCUT2D eigenvalue weighted by atomic mass is 10.2. The molecular formula is C19H25N5O3S. The molecule has 28 heavy (non-hydrogen) atoms. The van der Waals surface area contributed by atoms with E-state index in [-0.39, 0.29) is 24.5 Å². The number of fused-ring (bicyclic) bond motifs is 1. The summed E-state index contributed by atoms with van der Waals surface area (Å²) in [6.45, 7) is 5.47. The maximum absolute atomic E-state index is 12.4. The van der Waals surface area contributed by atoms with Crippen LogP contribution in [0.5, 0.6) is 5.75 Å². The van der Waals surface area contributed by atoms with E-state index in [1.807, 2.05) is 38.1 Å². The third-order valence-corrected chi connectivity index (χ3v) is 5.20. The van der Waals surface area contributed by atoms with Crippen molar-refractivity contribution in [2.24, 2.45) is 0 Å². The zero-order valence-electron chi connectivity index (χ0n) is 16.2. The molecule has 0 fully saturated rings. The molecule has 150 valence electrons. The number of urea groups is 1. The summed E-state index contributed by atoms with van der Waals surface area (Å²) >= 11 is 1.46. The summed E-state index contributed by atoms with van der Waals surface area (Å²) in [5.41, 5.74) is 1.65. The number of nitrogens with zero attached hydrogens (tertiary/aromatic N) is 2. The minimum atomic E-state index is -0.255. The molecule has 9 heteroatoms. The predicted octanol–water partition coefficient (Wildman–Crippen LogP) is 2.68. The van der Waals surface area contributed by atoms with Gasteiger partial charge in [0.1, 0.15) is 5.75 Å². The van der Waals surface area contributed by atoms with E-state index in [1.54, 1.807) is 7.11 Å². The number of carbonyl (C=O) groups is 2. The number of methoxy groups -OCH3 is 1. The fraction of sp³-hybridized carbons (Fsp3) is 0.421. The second-order valence-electron chi connectivity index (χ2n) is 6.85. The number of ether oxygens (including phenoxy) is 1. The van der Waals surface area contributed by atoms with Crippen LogP contribution in [-0.2, 0) is 17.8 Å². The topological polar surface area (TPSA) is 95.6 Å². The molecule has 0 spiro atoms. The average Bonchev–Trinajstić information content (AvgIpc) is 3.02. The van der Waals surface area contributed by atoms with Crippen molar-refractivity contribution in [1.82, 2.24) is 15.2 Å². The molecule has 0 bridgehead atoms. The molecule has 1 aromatic carbocycles. The van der Waals surface area contributed by atoms with Crippen molar-refractivity contribution in [3.8, 4) is 5.75 Å². The lowest BCUT2D eigenvalue weighted by Gasteiger charge is -2.25. The molecule has 2 aromatic rings. The van der Waals surface area contributed by atoms with Crippen LogP contribution in [0.3, 0.4) is 0 Å². The van der Waals surface area contributed by atoms with Crippen LogP contribution in [0.1, 0.15) is 24.4 Å². The van der Waals surface area contributed by atoms with Gasteiger partial charge in [0.15, 0.2) is 5.13 Å². The highest BCUT2D eigenvalue weighted by Crippen LogP contribution is 2.28. The van der Waals surface area contributed by atoms with Gasteiger partial charge in [-0.15, -0.1) is 11.3 Å². The first kappa shape index (κ1) is 20.1. The van der Waals surface area contributed by atoms with Gasteiger partial charge in [-0.2, -0.15) is 0 Å². The molecule has 0 saturated heterocycles. The monoisotopic (exact) mass is 403 g/mol. The Hall–Kier alpha value is -2.65. The van der Waals surface area contributed by atoms with Gasteiger partial charge < -0.3 is 15.4 Å². The molecule has 0 atom stereocenters. The number of benzene rings is 1. The van der Waals surface area contributed by atoms with Gasteiger partial charge in [0.05, 0.1) is 25.0 Å². The van der Waals surface area contributed by atoms with Gasteiger partial charge in [-0.3, -0.25) is 15.0 Å². The van der Waals surface area contributed by atoms with Gasteiger partial charge in [-0.1, -0.05) is 12.1 Å². The molecule has 0 unspecified atom stereocenters. The summed E-state index contributed by atoms with van der Waals surface area (Å²) in [4.78, 5) is 31.9. The fourth-order valence-electron chi connectivity index (χ4n) is 2.97. The van der Waals surface area contributed by atoms with Crippen molar-refractivity contribution in [3.05, 3.63) is 34.8 Å². The average molecular weight is 404 g/mol. The molecule has 1 aromatic heterocycles. The second kappa shape index (κ2) is 9.03. The summed E-state index contributed by atoms with van der Waals surface area (Å²) in [5, 5.41) is 9.04. The molecule has 8 nitrogen and oxygen atoms in total. The third kappa shape index (κ3) is 5.20. The molecule has 2 heterocycles. The summed E-state index contributed by atoms with van der Waals surface area (Å²) in [5.74, 6) is 0.543. The standard InChI is InChI=1S/C19H25N5O3S/c1-12(2)20-18(26)23-19-22-14-8-9-24(10-16(14)28-19)11-17(25)21-13-6-4-5-7-15(13)27-3/h4-7,12H,8-11H2,1-3H3,(H,21,25)(H2,20,22,23,26). The van der Waals surface area contributed by atoms with E-state index in [0.717, 1.165) is 23.5 Å². The number of thiazole rings is 1. The number of anilines is 2. The summed E-state index contributed by atoms with van der Waals surface area (Å²) in [7, 11) is 1.58. The smallest absolute Gasteiger partial charge is 0.321 e. The van der Waals surface area contributed by atoms with Crippen molar-refractivity contribution in [1.29, 1.82) is 0 Å². The number of para-hydroxylation sites is 2. The van der Waals surface area contributed by atoms with Crippen LogP contribution >= 0.6 is 11.3 Å². The number of hydrogen-bond donors (Lipinski definition) is 3. The van der Waals surface area contributed by atoms with Crippen molar-refractivity contribution in [2.75, 3.05) is 30.8 Å². The number of hydrogen-bond acceptors (Lipinski definition) is 6. The normalized spacial score (nSPS) is 13.7. The van der Waals surface area contributed by atoms with Crippen LogP contribution in [0.2, 0.25) is 0 Å². The summed E-state index contributed by atoms with van der Waals surface area (Å²) in [6.07, 6.45) is 0.751. The van der Waals surface area contributed by atoms with E-state index < -0.39 is 0 Å². The highest BCUT2D eigenvalue weighted by Gasteiger charge is 2.23. The van der Waals surface area contributed by atoms with Crippen LogP contribution in [0, 0.1) is 0 Å². The van der Waals surface area contributed by atoms with E-state index in [1.165, 1.54) is 11.3 Å². The predicted molar refractivity (Wildman–Crippen MR) is 110 cm³/mol. The molecule has 0 aliphatic carbocycles. The molecule has 1 aliphatic heterocycles. The van der Waals surface area contributed by atoms with Gasteiger partial charge in [0, 0.05) is 30.4 Å². The van der Waals surface area contributed by atoms with E-state index in [2.05, 4.69) is 25.8 Å². The van der Waals surface area contributed by atoms with Gasteiger partial charge in [0.2, 0.25) is 5.91 Å². The Morgan fingerprint density at radius 1 is 1.29 bits per heavy atom. The van der Waals surface area contributed by atoms with Crippen molar-refractivity contribution < 1.29 is 14.3 Å². The van der Waals surface area contributed by atoms with Gasteiger partial charge in [-0.05, 0) is 26.0 Å². The number of carbonyl (C=O) groups excluding carboxylic acids is 2. The first-order chi connectivity index (χ1) is 13.4. The number of nitrogens with one attached hydrogen (secondary N) is 3. The van der Waals surface area contributed by atoms with Crippen LogP contribution in [0.25, 0.3) is 0 Å². The highest BCUT2D eigenvalue weighted by atomic mass is 32.1. The van der Waals surface area contributed by atoms with E-state index in [0.29, 0.717) is 23.1 Å². The van der Waals surface area contributed by atoms with Crippen LogP contribution in [0.15, 0.2) is 24.3 Å². The molecular weight excluding hydrogens is 378 g/mol. The lowest BCUT2D eigenvalue weighted by Crippen LogP contribution is -2.36. The molecule has 3 rings (SSSR count). The molecule has 0 saturated carbocycles. The SMILES string of the molecule is COc1ccccc1NC(=O)CN1CCc2nc(NC(=O)NC(C)C)sc2C1. The van der Waals surface area contributed by atoms with Crippen LogP contribution in [0.4, 0.5) is 15.6 Å².